The van der Waals surface area contributed by atoms with Crippen molar-refractivity contribution < 1.29 is 33.9 Å². The zero-order valence-electron chi connectivity index (χ0n) is 22.9. The molecule has 39 heavy (non-hydrogen) atoms. The molecule has 8 nitrogen and oxygen atoms in total. The highest BCUT2D eigenvalue weighted by Crippen LogP contribution is 2.27. The maximum atomic E-state index is 11.1. The molecule has 0 radical (unpaired) electrons. The molecule has 0 aromatic heterocycles. The Bertz CT molecular complexity index is 1090. The van der Waals surface area contributed by atoms with Gasteiger partial charge in [-0.2, -0.15) is 0 Å². The van der Waals surface area contributed by atoms with Gasteiger partial charge in [-0.05, 0) is 36.8 Å². The second kappa shape index (κ2) is 14.3. The summed E-state index contributed by atoms with van der Waals surface area (Å²) in [5, 5.41) is 20.8. The lowest BCUT2D eigenvalue weighted by Crippen LogP contribution is -2.54. The van der Waals surface area contributed by atoms with E-state index in [1.165, 1.54) is 0 Å². The van der Waals surface area contributed by atoms with Crippen molar-refractivity contribution in [2.75, 3.05) is 40.5 Å². The minimum atomic E-state index is -0.728. The van der Waals surface area contributed by atoms with Gasteiger partial charge in [-0.25, -0.2) is 0 Å². The second-order valence-corrected chi connectivity index (χ2v) is 9.76. The van der Waals surface area contributed by atoms with Crippen LogP contribution in [0.1, 0.15) is 29.7 Å². The maximum absolute atomic E-state index is 11.1. The molecule has 4 atom stereocenters. The van der Waals surface area contributed by atoms with E-state index in [1.807, 2.05) is 55.5 Å². The first-order valence-electron chi connectivity index (χ1n) is 13.2. The van der Waals surface area contributed by atoms with Crippen LogP contribution < -0.4 is 9.47 Å². The fraction of sp³-hybridized carbons (Fsp3) is 0.419. The lowest BCUT2D eigenvalue weighted by molar-refractivity contribution is -0.150. The van der Waals surface area contributed by atoms with Crippen molar-refractivity contribution in [2.45, 2.75) is 44.5 Å². The molecule has 1 heterocycles. The van der Waals surface area contributed by atoms with Crippen molar-refractivity contribution in [3.05, 3.63) is 89.5 Å². The van der Waals surface area contributed by atoms with Gasteiger partial charge in [0.1, 0.15) is 17.2 Å². The Kier molecular flexibility index (Phi) is 10.6. The van der Waals surface area contributed by atoms with Gasteiger partial charge in [0.15, 0.2) is 0 Å². The first-order chi connectivity index (χ1) is 19.0. The molecular weight excluding hydrogens is 498 g/mol. The van der Waals surface area contributed by atoms with Crippen LogP contribution in [0.3, 0.4) is 0 Å². The molecule has 0 bridgehead atoms. The predicted molar refractivity (Wildman–Crippen MR) is 148 cm³/mol. The summed E-state index contributed by atoms with van der Waals surface area (Å²) in [4.78, 5) is 2.22. The van der Waals surface area contributed by atoms with E-state index in [2.05, 4.69) is 4.90 Å². The van der Waals surface area contributed by atoms with E-state index >= 15 is 0 Å². The number of aliphatic hydroxyl groups is 1. The van der Waals surface area contributed by atoms with Gasteiger partial charge in [0.2, 0.25) is 0 Å². The molecule has 0 amide bonds. The third-order valence-electron chi connectivity index (χ3n) is 7.04. The summed E-state index contributed by atoms with van der Waals surface area (Å²) in [5.74, 6) is 1.75. The Morgan fingerprint density at radius 3 is 1.77 bits per heavy atom. The van der Waals surface area contributed by atoms with Gasteiger partial charge in [-0.15, -0.1) is 0 Å². The highest BCUT2D eigenvalue weighted by Gasteiger charge is 2.33. The van der Waals surface area contributed by atoms with E-state index in [9.17, 15) is 10.2 Å². The molecule has 1 aliphatic heterocycles. The number of ether oxygens (including phenoxy) is 5. The van der Waals surface area contributed by atoms with Crippen molar-refractivity contribution in [3.63, 3.8) is 0 Å². The van der Waals surface area contributed by atoms with Crippen LogP contribution in [0.5, 0.6) is 17.2 Å². The highest BCUT2D eigenvalue weighted by atomic mass is 16.6. The molecule has 210 valence electrons. The van der Waals surface area contributed by atoms with E-state index in [0.29, 0.717) is 39.5 Å². The number of para-hydroxylation sites is 2. The number of morpholine rings is 1. The third-order valence-corrected chi connectivity index (χ3v) is 7.04. The molecule has 0 spiro atoms. The van der Waals surface area contributed by atoms with Crippen molar-refractivity contribution in [3.8, 4) is 17.2 Å². The SMILES string of the molecule is COc1ccccc1COCC1CN(C(C)C(O)c2ccc(O)cc2)CC(COCc2ccccc2OC)O1. The summed E-state index contributed by atoms with van der Waals surface area (Å²) >= 11 is 0. The minimum absolute atomic E-state index is 0.171. The number of nitrogens with zero attached hydrogens (tertiary/aromatic N) is 1. The molecule has 1 fully saturated rings. The van der Waals surface area contributed by atoms with Crippen LogP contribution in [-0.2, 0) is 27.4 Å². The number of phenols is 1. The summed E-state index contributed by atoms with van der Waals surface area (Å²) in [6.45, 7) is 4.80. The highest BCUT2D eigenvalue weighted by molar-refractivity contribution is 5.33. The van der Waals surface area contributed by atoms with Gasteiger partial charge in [0.25, 0.3) is 0 Å². The van der Waals surface area contributed by atoms with E-state index in [4.69, 9.17) is 23.7 Å². The summed E-state index contributed by atoms with van der Waals surface area (Å²) in [7, 11) is 3.30. The largest absolute Gasteiger partial charge is 0.508 e. The standard InChI is InChI=1S/C31H39NO7/c1-22(31(34)23-12-14-26(33)15-13-23)32-16-27(20-37-18-24-8-4-6-10-29(24)35-2)39-28(17-32)21-38-19-25-9-5-7-11-30(25)36-3/h4-15,22,27-28,31,33-34H,16-21H2,1-3H3. The average Bonchev–Trinajstić information content (AvgIpc) is 2.97. The van der Waals surface area contributed by atoms with Crippen molar-refractivity contribution >= 4 is 0 Å². The number of hydrogen-bond donors (Lipinski definition) is 2. The topological polar surface area (TPSA) is 89.9 Å². The normalized spacial score (nSPS) is 19.4. The number of aliphatic hydroxyl groups excluding tert-OH is 1. The van der Waals surface area contributed by atoms with E-state index in [0.717, 1.165) is 28.2 Å². The molecule has 3 aromatic carbocycles. The molecule has 1 saturated heterocycles. The zero-order valence-corrected chi connectivity index (χ0v) is 22.9. The number of methoxy groups -OCH3 is 2. The Hall–Kier alpha value is -3.14. The van der Waals surface area contributed by atoms with E-state index in [-0.39, 0.29) is 24.0 Å². The molecule has 4 unspecified atom stereocenters. The molecular formula is C31H39NO7. The summed E-state index contributed by atoms with van der Waals surface area (Å²) in [6, 6.07) is 22.1. The van der Waals surface area contributed by atoms with E-state index in [1.54, 1.807) is 38.5 Å². The van der Waals surface area contributed by atoms with Crippen LogP contribution in [-0.4, -0.2) is 73.9 Å². The lowest BCUT2D eigenvalue weighted by atomic mass is 10.0. The predicted octanol–water partition coefficient (Wildman–Crippen LogP) is 4.33. The molecule has 1 aliphatic rings. The number of aromatic hydroxyl groups is 1. The van der Waals surface area contributed by atoms with Crippen LogP contribution >= 0.6 is 0 Å². The number of hydrogen-bond acceptors (Lipinski definition) is 8. The number of benzene rings is 3. The molecule has 0 saturated carbocycles. The van der Waals surface area contributed by atoms with Crippen LogP contribution in [0.15, 0.2) is 72.8 Å². The Balaban J connectivity index is 1.40. The first kappa shape index (κ1) is 28.9. The Morgan fingerprint density at radius 1 is 0.795 bits per heavy atom. The second-order valence-electron chi connectivity index (χ2n) is 9.76. The molecule has 3 aromatic rings. The monoisotopic (exact) mass is 537 g/mol. The third kappa shape index (κ3) is 7.94. The quantitative estimate of drug-likeness (QED) is 0.333. The molecule has 2 N–H and O–H groups in total. The number of rotatable bonds is 13. The smallest absolute Gasteiger partial charge is 0.124 e. The van der Waals surface area contributed by atoms with Gasteiger partial charge in [0.05, 0.1) is 59.0 Å². The van der Waals surface area contributed by atoms with Gasteiger partial charge < -0.3 is 33.9 Å². The zero-order chi connectivity index (χ0) is 27.6. The Morgan fingerprint density at radius 2 is 1.28 bits per heavy atom. The minimum Gasteiger partial charge on any atom is -0.508 e. The molecule has 8 heteroatoms. The average molecular weight is 538 g/mol. The number of phenolic OH excluding ortho intramolecular Hbond substituents is 1. The van der Waals surface area contributed by atoms with Gasteiger partial charge >= 0.3 is 0 Å². The van der Waals surface area contributed by atoms with Crippen molar-refractivity contribution in [1.29, 1.82) is 0 Å². The lowest BCUT2D eigenvalue weighted by Gasteiger charge is -2.42. The van der Waals surface area contributed by atoms with Crippen molar-refractivity contribution in [1.82, 2.24) is 4.90 Å². The van der Waals surface area contributed by atoms with Crippen LogP contribution in [0.4, 0.5) is 0 Å². The van der Waals surface area contributed by atoms with Gasteiger partial charge in [0, 0.05) is 30.3 Å². The maximum Gasteiger partial charge on any atom is 0.124 e. The summed E-state index contributed by atoms with van der Waals surface area (Å²) in [5.41, 5.74) is 2.70. The fourth-order valence-electron chi connectivity index (χ4n) is 4.87. The van der Waals surface area contributed by atoms with Crippen LogP contribution in [0, 0.1) is 0 Å². The van der Waals surface area contributed by atoms with Gasteiger partial charge in [-0.1, -0.05) is 48.5 Å². The summed E-state index contributed by atoms with van der Waals surface area (Å²) < 4.78 is 29.4. The fourth-order valence-corrected chi connectivity index (χ4v) is 4.87. The van der Waals surface area contributed by atoms with Crippen molar-refractivity contribution in [2.24, 2.45) is 0 Å². The van der Waals surface area contributed by atoms with Crippen LogP contribution in [0.2, 0.25) is 0 Å². The first-order valence-corrected chi connectivity index (χ1v) is 13.2. The Labute approximate surface area is 230 Å². The molecule has 4 rings (SSSR count). The van der Waals surface area contributed by atoms with E-state index < -0.39 is 6.10 Å². The summed E-state index contributed by atoms with van der Waals surface area (Å²) in [6.07, 6.45) is -1.14. The van der Waals surface area contributed by atoms with Gasteiger partial charge in [-0.3, -0.25) is 4.90 Å². The van der Waals surface area contributed by atoms with Crippen LogP contribution in [0.25, 0.3) is 0 Å². The molecule has 0 aliphatic carbocycles.